The fourth-order valence-corrected chi connectivity index (χ4v) is 4.62. The number of oxime groups is 1. The minimum absolute atomic E-state index is 0.234. The van der Waals surface area contributed by atoms with E-state index < -0.39 is 17.7 Å². The van der Waals surface area contributed by atoms with Crippen molar-refractivity contribution in [2.45, 2.75) is 19.3 Å². The first-order chi connectivity index (χ1) is 17.8. The van der Waals surface area contributed by atoms with Crippen LogP contribution in [0, 0.1) is 12.7 Å². The van der Waals surface area contributed by atoms with Gasteiger partial charge >= 0.3 is 5.97 Å². The molecule has 0 radical (unpaired) electrons. The van der Waals surface area contributed by atoms with Gasteiger partial charge < -0.3 is 9.94 Å². The Morgan fingerprint density at radius 1 is 1.03 bits per heavy atom. The number of carbonyl (C=O) groups excluding carboxylic acids is 1. The first kappa shape index (κ1) is 26.3. The van der Waals surface area contributed by atoms with E-state index in [0.29, 0.717) is 21.9 Å². The van der Waals surface area contributed by atoms with Gasteiger partial charge in [-0.25, -0.2) is 9.18 Å². The van der Waals surface area contributed by atoms with E-state index in [4.69, 9.17) is 27.9 Å². The molecule has 0 fully saturated rings. The number of aryl methyl sites for hydroxylation is 1. The molecule has 1 unspecified atom stereocenters. The number of pyridine rings is 1. The van der Waals surface area contributed by atoms with Crippen LogP contribution in [0.2, 0.25) is 10.0 Å². The molecule has 8 heteroatoms. The van der Waals surface area contributed by atoms with Crippen LogP contribution in [-0.4, -0.2) is 29.0 Å². The number of carbonyl (C=O) groups is 1. The quantitative estimate of drug-likeness (QED) is 0.114. The number of ether oxygens (including phenoxy) is 1. The zero-order valence-corrected chi connectivity index (χ0v) is 21.6. The highest BCUT2D eigenvalue weighted by atomic mass is 35.5. The van der Waals surface area contributed by atoms with Gasteiger partial charge in [-0.2, -0.15) is 0 Å². The van der Waals surface area contributed by atoms with Crippen LogP contribution in [0.25, 0.3) is 11.1 Å². The lowest BCUT2D eigenvalue weighted by molar-refractivity contribution is 0.0601. The van der Waals surface area contributed by atoms with Crippen molar-refractivity contribution in [3.63, 3.8) is 0 Å². The lowest BCUT2D eigenvalue weighted by Gasteiger charge is -2.20. The highest BCUT2D eigenvalue weighted by Crippen LogP contribution is 2.34. The Bertz CT molecular complexity index is 1470. The summed E-state index contributed by atoms with van der Waals surface area (Å²) < 4.78 is 19.8. The molecule has 3 aromatic carbocycles. The van der Waals surface area contributed by atoms with Gasteiger partial charge in [-0.1, -0.05) is 64.8 Å². The molecule has 1 atom stereocenters. The number of hydrogen-bond donors (Lipinski definition) is 1. The van der Waals surface area contributed by atoms with Crippen LogP contribution in [0.5, 0.6) is 0 Å². The monoisotopic (exact) mass is 536 g/mol. The Balaban J connectivity index is 1.71. The molecule has 4 aromatic rings. The van der Waals surface area contributed by atoms with E-state index in [0.717, 1.165) is 22.4 Å². The summed E-state index contributed by atoms with van der Waals surface area (Å²) in [4.78, 5) is 16.0. The van der Waals surface area contributed by atoms with Crippen LogP contribution < -0.4 is 0 Å². The fraction of sp³-hybridized carbons (Fsp3) is 0.138. The van der Waals surface area contributed by atoms with Gasteiger partial charge in [0.25, 0.3) is 0 Å². The molecule has 0 aliphatic rings. The number of nitrogens with zero attached hydrogens (tertiary/aromatic N) is 2. The Labute approximate surface area is 224 Å². The van der Waals surface area contributed by atoms with Crippen molar-refractivity contribution >= 4 is 34.9 Å². The molecule has 37 heavy (non-hydrogen) atoms. The number of halogens is 3. The lowest BCUT2D eigenvalue weighted by Crippen LogP contribution is -2.12. The highest BCUT2D eigenvalue weighted by molar-refractivity contribution is 6.33. The topological polar surface area (TPSA) is 71.8 Å². The minimum Gasteiger partial charge on any atom is -0.465 e. The Hall–Kier alpha value is -3.74. The number of rotatable bonds is 7. The molecule has 0 saturated heterocycles. The Morgan fingerprint density at radius 2 is 1.76 bits per heavy atom. The standard InChI is InChI=1S/C29H23Cl2FN2O3/c1-17-13-21(11-12-33-17)28(34-36)16-25(23-10-8-22(30)15-27(23)32)19-5-3-18(4-6-19)20-7-9-24(26(31)14-20)29(35)37-2/h3-15,25,36H,16H2,1-2H3. The molecule has 4 rings (SSSR count). The average Bonchev–Trinajstić information content (AvgIpc) is 2.89. The van der Waals surface area contributed by atoms with Crippen LogP contribution in [0.15, 0.2) is 84.1 Å². The zero-order chi connectivity index (χ0) is 26.5. The second-order valence-corrected chi connectivity index (χ2v) is 9.31. The summed E-state index contributed by atoms with van der Waals surface area (Å²) in [5.74, 6) is -1.42. The Morgan fingerprint density at radius 3 is 2.38 bits per heavy atom. The molecule has 0 saturated carbocycles. The summed E-state index contributed by atoms with van der Waals surface area (Å²) in [5, 5.41) is 13.9. The smallest absolute Gasteiger partial charge is 0.339 e. The summed E-state index contributed by atoms with van der Waals surface area (Å²) in [6.07, 6.45) is 1.87. The third-order valence-corrected chi connectivity index (χ3v) is 6.65. The molecule has 5 nitrogen and oxygen atoms in total. The number of esters is 1. The maximum absolute atomic E-state index is 15.1. The molecule has 1 heterocycles. The van der Waals surface area contributed by atoms with Crippen molar-refractivity contribution in [3.8, 4) is 11.1 Å². The highest BCUT2D eigenvalue weighted by Gasteiger charge is 2.22. The van der Waals surface area contributed by atoms with Gasteiger partial charge in [0.05, 0.1) is 23.4 Å². The molecular weight excluding hydrogens is 514 g/mol. The van der Waals surface area contributed by atoms with E-state index in [1.165, 1.54) is 13.2 Å². The number of aromatic nitrogens is 1. The predicted molar refractivity (Wildman–Crippen MR) is 143 cm³/mol. The third kappa shape index (κ3) is 5.98. The first-order valence-corrected chi connectivity index (χ1v) is 12.1. The van der Waals surface area contributed by atoms with Crippen LogP contribution in [-0.2, 0) is 4.74 Å². The van der Waals surface area contributed by atoms with Crippen LogP contribution >= 0.6 is 23.2 Å². The van der Waals surface area contributed by atoms with Gasteiger partial charge in [-0.15, -0.1) is 0 Å². The van der Waals surface area contributed by atoms with E-state index in [1.807, 2.05) is 37.3 Å². The second-order valence-electron chi connectivity index (χ2n) is 8.46. The molecule has 0 aliphatic heterocycles. The average molecular weight is 537 g/mol. The predicted octanol–water partition coefficient (Wildman–Crippen LogP) is 7.69. The van der Waals surface area contributed by atoms with E-state index in [9.17, 15) is 10.0 Å². The van der Waals surface area contributed by atoms with E-state index in [1.54, 1.807) is 42.6 Å². The SMILES string of the molecule is COC(=O)c1ccc(-c2ccc(C(CC(=NO)c3ccnc(C)c3)c3ccc(Cl)cc3F)cc2)cc1Cl. The molecule has 0 aliphatic carbocycles. The van der Waals surface area contributed by atoms with Gasteiger partial charge in [0.2, 0.25) is 0 Å². The molecule has 188 valence electrons. The van der Waals surface area contributed by atoms with Crippen molar-refractivity contribution in [1.29, 1.82) is 0 Å². The van der Waals surface area contributed by atoms with Gasteiger partial charge in [0, 0.05) is 34.8 Å². The van der Waals surface area contributed by atoms with Crippen LogP contribution in [0.4, 0.5) is 4.39 Å². The lowest BCUT2D eigenvalue weighted by atomic mass is 9.84. The van der Waals surface area contributed by atoms with Gasteiger partial charge in [0.15, 0.2) is 0 Å². The summed E-state index contributed by atoms with van der Waals surface area (Å²) in [6, 6.07) is 20.8. The van der Waals surface area contributed by atoms with Crippen molar-refractivity contribution in [2.24, 2.45) is 5.16 Å². The largest absolute Gasteiger partial charge is 0.465 e. The molecule has 0 spiro atoms. The zero-order valence-electron chi connectivity index (χ0n) is 20.1. The van der Waals surface area contributed by atoms with Crippen molar-refractivity contribution in [1.82, 2.24) is 4.98 Å². The molecule has 0 bridgehead atoms. The van der Waals surface area contributed by atoms with Crippen LogP contribution in [0.1, 0.15) is 45.1 Å². The van der Waals surface area contributed by atoms with E-state index in [-0.39, 0.29) is 17.0 Å². The van der Waals surface area contributed by atoms with Crippen LogP contribution in [0.3, 0.4) is 0 Å². The van der Waals surface area contributed by atoms with E-state index >= 15 is 4.39 Å². The summed E-state index contributed by atoms with van der Waals surface area (Å²) >= 11 is 12.3. The number of hydrogen-bond acceptors (Lipinski definition) is 5. The van der Waals surface area contributed by atoms with E-state index in [2.05, 4.69) is 10.1 Å². The summed E-state index contributed by atoms with van der Waals surface area (Å²) in [7, 11) is 1.30. The maximum atomic E-state index is 15.1. The van der Waals surface area contributed by atoms with Gasteiger partial charge in [-0.3, -0.25) is 4.98 Å². The van der Waals surface area contributed by atoms with Gasteiger partial charge in [0.1, 0.15) is 5.82 Å². The minimum atomic E-state index is -0.509. The first-order valence-electron chi connectivity index (χ1n) is 11.4. The second kappa shape index (κ2) is 11.5. The van der Waals surface area contributed by atoms with Crippen molar-refractivity contribution in [2.75, 3.05) is 7.11 Å². The molecular formula is C29H23Cl2FN2O3. The normalized spacial score (nSPS) is 12.3. The maximum Gasteiger partial charge on any atom is 0.339 e. The molecule has 1 aromatic heterocycles. The summed E-state index contributed by atoms with van der Waals surface area (Å²) in [6.45, 7) is 1.84. The third-order valence-electron chi connectivity index (χ3n) is 6.11. The Kier molecular flexibility index (Phi) is 8.21. The fourth-order valence-electron chi connectivity index (χ4n) is 4.20. The van der Waals surface area contributed by atoms with Crippen molar-refractivity contribution in [3.05, 3.63) is 123 Å². The van der Waals surface area contributed by atoms with Crippen molar-refractivity contribution < 1.29 is 19.1 Å². The van der Waals surface area contributed by atoms with Gasteiger partial charge in [-0.05, 0) is 65.6 Å². The summed E-state index contributed by atoms with van der Waals surface area (Å²) in [5.41, 5.74) is 5.06. The number of methoxy groups -OCH3 is 1. The molecule has 1 N–H and O–H groups in total. The molecule has 0 amide bonds. The number of benzene rings is 3.